The first kappa shape index (κ1) is 25.0. The van der Waals surface area contributed by atoms with Crippen LogP contribution in [0.4, 0.5) is 0 Å². The van der Waals surface area contributed by atoms with E-state index in [1.807, 2.05) is 38.1 Å². The highest BCUT2D eigenvalue weighted by atomic mass is 16.5. The predicted octanol–water partition coefficient (Wildman–Crippen LogP) is 3.05. The van der Waals surface area contributed by atoms with E-state index < -0.39 is 11.9 Å². The van der Waals surface area contributed by atoms with Crippen molar-refractivity contribution < 1.29 is 28.7 Å². The van der Waals surface area contributed by atoms with Gasteiger partial charge in [-0.05, 0) is 38.1 Å². The Bertz CT molecular complexity index is 925. The van der Waals surface area contributed by atoms with Crippen molar-refractivity contribution in [1.82, 2.24) is 9.80 Å². The molecule has 2 amide bonds. The molecule has 0 unspecified atom stereocenters. The number of aryl methyl sites for hydroxylation is 2. The quantitative estimate of drug-likeness (QED) is 0.439. The van der Waals surface area contributed by atoms with Crippen molar-refractivity contribution in [2.75, 3.05) is 26.2 Å². The SMILES string of the molecule is Cc1ccc(OC(=O)CCC(=O)N2CCN(C(=O)CCC(=O)Oc3ccc(C)cc3)CC2)cc1. The van der Waals surface area contributed by atoms with Crippen molar-refractivity contribution in [3.8, 4) is 11.5 Å². The Morgan fingerprint density at radius 2 is 0.912 bits per heavy atom. The molecule has 3 rings (SSSR count). The van der Waals surface area contributed by atoms with Crippen molar-refractivity contribution in [2.45, 2.75) is 39.5 Å². The molecule has 1 fully saturated rings. The van der Waals surface area contributed by atoms with Gasteiger partial charge in [-0.1, -0.05) is 35.4 Å². The summed E-state index contributed by atoms with van der Waals surface area (Å²) in [6, 6.07) is 14.3. The number of esters is 2. The van der Waals surface area contributed by atoms with Gasteiger partial charge in [-0.15, -0.1) is 0 Å². The minimum absolute atomic E-state index is 0.00501. The topological polar surface area (TPSA) is 93.2 Å². The zero-order chi connectivity index (χ0) is 24.5. The normalized spacial score (nSPS) is 13.4. The number of hydrogen-bond donors (Lipinski definition) is 0. The van der Waals surface area contributed by atoms with Gasteiger partial charge in [0, 0.05) is 39.0 Å². The van der Waals surface area contributed by atoms with E-state index in [0.717, 1.165) is 11.1 Å². The number of nitrogens with zero attached hydrogens (tertiary/aromatic N) is 2. The van der Waals surface area contributed by atoms with Crippen LogP contribution >= 0.6 is 0 Å². The summed E-state index contributed by atoms with van der Waals surface area (Å²) in [4.78, 5) is 52.2. The van der Waals surface area contributed by atoms with Crippen LogP contribution in [0.5, 0.6) is 11.5 Å². The molecule has 1 saturated heterocycles. The molecule has 8 nitrogen and oxygen atoms in total. The Morgan fingerprint density at radius 1 is 0.588 bits per heavy atom. The van der Waals surface area contributed by atoms with Crippen molar-refractivity contribution in [3.05, 3.63) is 59.7 Å². The summed E-state index contributed by atoms with van der Waals surface area (Å²) in [6.45, 7) is 5.46. The van der Waals surface area contributed by atoms with Crippen molar-refractivity contribution in [3.63, 3.8) is 0 Å². The maximum absolute atomic E-state index is 12.4. The number of ether oxygens (including phenoxy) is 2. The predicted molar refractivity (Wildman–Crippen MR) is 125 cm³/mol. The first-order valence-corrected chi connectivity index (χ1v) is 11.4. The van der Waals surface area contributed by atoms with Gasteiger partial charge in [0.15, 0.2) is 0 Å². The average molecular weight is 467 g/mol. The molecular weight excluding hydrogens is 436 g/mol. The van der Waals surface area contributed by atoms with E-state index in [9.17, 15) is 19.2 Å². The maximum atomic E-state index is 12.4. The van der Waals surface area contributed by atoms with Gasteiger partial charge in [-0.2, -0.15) is 0 Å². The molecule has 180 valence electrons. The number of carbonyl (C=O) groups excluding carboxylic acids is 4. The third kappa shape index (κ3) is 7.72. The molecule has 0 N–H and O–H groups in total. The Hall–Kier alpha value is -3.68. The lowest BCUT2D eigenvalue weighted by atomic mass is 10.2. The summed E-state index contributed by atoms with van der Waals surface area (Å²) < 4.78 is 10.5. The summed E-state index contributed by atoms with van der Waals surface area (Å²) in [5.41, 5.74) is 2.13. The molecule has 0 spiro atoms. The van der Waals surface area contributed by atoms with Crippen LogP contribution in [-0.2, 0) is 19.2 Å². The summed E-state index contributed by atoms with van der Waals surface area (Å²) >= 11 is 0. The van der Waals surface area contributed by atoms with Gasteiger partial charge in [-0.25, -0.2) is 0 Å². The fraction of sp³-hybridized carbons (Fsp3) is 0.385. The summed E-state index contributed by atoms with van der Waals surface area (Å²) in [6.07, 6.45) is 0.108. The molecule has 2 aromatic carbocycles. The molecule has 0 aliphatic carbocycles. The van der Waals surface area contributed by atoms with Gasteiger partial charge in [0.25, 0.3) is 0 Å². The van der Waals surface area contributed by atoms with Crippen LogP contribution in [0.1, 0.15) is 36.8 Å². The van der Waals surface area contributed by atoms with Crippen LogP contribution in [0.15, 0.2) is 48.5 Å². The molecule has 8 heteroatoms. The number of carbonyl (C=O) groups is 4. The Morgan fingerprint density at radius 3 is 1.24 bits per heavy atom. The average Bonchev–Trinajstić information content (AvgIpc) is 2.84. The largest absolute Gasteiger partial charge is 0.427 e. The zero-order valence-corrected chi connectivity index (χ0v) is 19.6. The first-order chi connectivity index (χ1) is 16.3. The molecule has 0 bridgehead atoms. The van der Waals surface area contributed by atoms with E-state index >= 15 is 0 Å². The lowest BCUT2D eigenvalue weighted by molar-refractivity contribution is -0.143. The third-order valence-electron chi connectivity index (χ3n) is 5.58. The smallest absolute Gasteiger partial charge is 0.311 e. The minimum Gasteiger partial charge on any atom is -0.427 e. The molecule has 1 aliphatic rings. The van der Waals surface area contributed by atoms with E-state index in [0.29, 0.717) is 37.7 Å². The summed E-state index contributed by atoms with van der Waals surface area (Å²) in [7, 11) is 0. The molecule has 1 heterocycles. The highest BCUT2D eigenvalue weighted by Gasteiger charge is 2.25. The number of amides is 2. The van der Waals surface area contributed by atoms with Crippen LogP contribution in [0.2, 0.25) is 0 Å². The van der Waals surface area contributed by atoms with Crippen molar-refractivity contribution in [1.29, 1.82) is 0 Å². The van der Waals surface area contributed by atoms with Gasteiger partial charge < -0.3 is 19.3 Å². The summed E-state index contributed by atoms with van der Waals surface area (Å²) in [5.74, 6) is -0.285. The van der Waals surface area contributed by atoms with Crippen molar-refractivity contribution >= 4 is 23.8 Å². The van der Waals surface area contributed by atoms with Gasteiger partial charge in [0.05, 0.1) is 12.8 Å². The molecule has 1 aliphatic heterocycles. The van der Waals surface area contributed by atoms with Crippen molar-refractivity contribution in [2.24, 2.45) is 0 Å². The lowest BCUT2D eigenvalue weighted by Crippen LogP contribution is -2.50. The number of rotatable bonds is 8. The Labute approximate surface area is 199 Å². The van der Waals surface area contributed by atoms with E-state index in [4.69, 9.17) is 9.47 Å². The third-order valence-corrected chi connectivity index (χ3v) is 5.58. The zero-order valence-electron chi connectivity index (χ0n) is 19.6. The standard InChI is InChI=1S/C26H30N2O6/c1-19-3-7-21(8-4-19)33-25(31)13-11-23(29)27-15-17-28(18-16-27)24(30)12-14-26(32)34-22-9-5-20(2)6-10-22/h3-10H,11-18H2,1-2H3. The molecule has 2 aromatic rings. The van der Waals surface area contributed by atoms with E-state index in [2.05, 4.69) is 0 Å². The first-order valence-electron chi connectivity index (χ1n) is 11.4. The second-order valence-electron chi connectivity index (χ2n) is 8.34. The van der Waals surface area contributed by atoms with E-state index in [-0.39, 0.29) is 37.5 Å². The second kappa shape index (κ2) is 12.0. The highest BCUT2D eigenvalue weighted by molar-refractivity contribution is 5.84. The summed E-state index contributed by atoms with van der Waals surface area (Å²) in [5, 5.41) is 0. The van der Waals surface area contributed by atoms with Crippen LogP contribution in [0.25, 0.3) is 0 Å². The van der Waals surface area contributed by atoms with Crippen LogP contribution in [-0.4, -0.2) is 59.7 Å². The van der Waals surface area contributed by atoms with Gasteiger partial charge >= 0.3 is 11.9 Å². The number of hydrogen-bond acceptors (Lipinski definition) is 6. The van der Waals surface area contributed by atoms with Gasteiger partial charge in [-0.3, -0.25) is 19.2 Å². The van der Waals surface area contributed by atoms with E-state index in [1.165, 1.54) is 0 Å². The minimum atomic E-state index is -0.455. The Balaban J connectivity index is 1.33. The molecule has 0 aromatic heterocycles. The molecule has 34 heavy (non-hydrogen) atoms. The maximum Gasteiger partial charge on any atom is 0.311 e. The molecule has 0 saturated carbocycles. The molecular formula is C26H30N2O6. The van der Waals surface area contributed by atoms with Crippen LogP contribution in [0.3, 0.4) is 0 Å². The monoisotopic (exact) mass is 466 g/mol. The highest BCUT2D eigenvalue weighted by Crippen LogP contribution is 2.15. The van der Waals surface area contributed by atoms with Gasteiger partial charge in [0.1, 0.15) is 11.5 Å². The fourth-order valence-electron chi connectivity index (χ4n) is 3.52. The molecule has 0 radical (unpaired) electrons. The fourth-order valence-corrected chi connectivity index (χ4v) is 3.52. The van der Waals surface area contributed by atoms with Crippen LogP contribution < -0.4 is 9.47 Å². The second-order valence-corrected chi connectivity index (χ2v) is 8.34. The van der Waals surface area contributed by atoms with Crippen LogP contribution in [0, 0.1) is 13.8 Å². The number of benzene rings is 2. The lowest BCUT2D eigenvalue weighted by Gasteiger charge is -2.34. The number of piperazine rings is 1. The Kier molecular flexibility index (Phi) is 8.79. The molecule has 0 atom stereocenters. The van der Waals surface area contributed by atoms with Gasteiger partial charge in [0.2, 0.25) is 11.8 Å². The van der Waals surface area contributed by atoms with E-state index in [1.54, 1.807) is 34.1 Å².